The molecule has 0 saturated heterocycles. The predicted octanol–water partition coefficient (Wildman–Crippen LogP) is 4.16. The van der Waals surface area contributed by atoms with Gasteiger partial charge in [0.1, 0.15) is 11.8 Å². The molecule has 3 nitrogen and oxygen atoms in total. The fraction of sp³-hybridized carbons (Fsp3) is 0. The van der Waals surface area contributed by atoms with Crippen LogP contribution >= 0.6 is 27.5 Å². The third-order valence-corrected chi connectivity index (χ3v) is 2.81. The standard InChI is InChI=1S/C12H6BrClN2O/c13-9-1-2-11(10(14)5-9)17-12-7-16-4-3-8(12)6-15/h1-5,7H. The number of benzene rings is 1. The molecule has 0 aliphatic carbocycles. The lowest BCUT2D eigenvalue weighted by Gasteiger charge is -2.08. The summed E-state index contributed by atoms with van der Waals surface area (Å²) in [6.45, 7) is 0. The van der Waals surface area contributed by atoms with Crippen LogP contribution in [0.4, 0.5) is 0 Å². The molecule has 0 saturated carbocycles. The van der Waals surface area contributed by atoms with Crippen molar-refractivity contribution < 1.29 is 4.74 Å². The second-order valence-corrected chi connectivity index (χ2v) is 4.48. The highest BCUT2D eigenvalue weighted by Gasteiger charge is 2.07. The molecule has 1 heterocycles. The van der Waals surface area contributed by atoms with Gasteiger partial charge in [-0.25, -0.2) is 0 Å². The van der Waals surface area contributed by atoms with E-state index in [2.05, 4.69) is 20.9 Å². The summed E-state index contributed by atoms with van der Waals surface area (Å²) in [5.41, 5.74) is 0.416. The maximum atomic E-state index is 8.91. The van der Waals surface area contributed by atoms with Gasteiger partial charge in [0, 0.05) is 10.7 Å². The molecule has 0 N–H and O–H groups in total. The van der Waals surface area contributed by atoms with Crippen molar-refractivity contribution in [2.45, 2.75) is 0 Å². The highest BCUT2D eigenvalue weighted by atomic mass is 79.9. The van der Waals surface area contributed by atoms with Crippen LogP contribution in [0.15, 0.2) is 41.1 Å². The predicted molar refractivity (Wildman–Crippen MR) is 68.2 cm³/mol. The molecule has 0 atom stereocenters. The molecule has 0 bridgehead atoms. The molecule has 0 radical (unpaired) electrons. The molecule has 0 aliphatic rings. The third-order valence-electron chi connectivity index (χ3n) is 2.02. The largest absolute Gasteiger partial charge is 0.453 e. The van der Waals surface area contributed by atoms with Gasteiger partial charge in [-0.15, -0.1) is 0 Å². The zero-order valence-electron chi connectivity index (χ0n) is 8.52. The first-order valence-corrected chi connectivity index (χ1v) is 5.85. The molecule has 0 fully saturated rings. The van der Waals surface area contributed by atoms with E-state index in [-0.39, 0.29) is 0 Å². The second-order valence-electron chi connectivity index (χ2n) is 3.16. The van der Waals surface area contributed by atoms with Crippen LogP contribution < -0.4 is 4.74 Å². The minimum absolute atomic E-state index is 0.388. The highest BCUT2D eigenvalue weighted by molar-refractivity contribution is 9.10. The molecule has 0 aliphatic heterocycles. The summed E-state index contributed by atoms with van der Waals surface area (Å²) in [4.78, 5) is 3.91. The van der Waals surface area contributed by atoms with Crippen LogP contribution in [0.1, 0.15) is 5.56 Å². The lowest BCUT2D eigenvalue weighted by Crippen LogP contribution is -1.89. The number of ether oxygens (including phenoxy) is 1. The van der Waals surface area contributed by atoms with Crippen molar-refractivity contribution >= 4 is 27.5 Å². The molecule has 0 amide bonds. The Morgan fingerprint density at radius 2 is 2.12 bits per heavy atom. The minimum atomic E-state index is 0.388. The number of nitrogens with zero attached hydrogens (tertiary/aromatic N) is 2. The number of pyridine rings is 1. The normalized spacial score (nSPS) is 9.71. The fourth-order valence-corrected chi connectivity index (χ4v) is 1.94. The summed E-state index contributed by atoms with van der Waals surface area (Å²) in [6, 6.07) is 8.87. The first-order valence-electron chi connectivity index (χ1n) is 4.67. The zero-order valence-corrected chi connectivity index (χ0v) is 10.9. The molecule has 2 rings (SSSR count). The highest BCUT2D eigenvalue weighted by Crippen LogP contribution is 2.32. The topological polar surface area (TPSA) is 45.9 Å². The van der Waals surface area contributed by atoms with Crippen molar-refractivity contribution in [1.82, 2.24) is 4.98 Å². The lowest BCUT2D eigenvalue weighted by atomic mass is 10.2. The van der Waals surface area contributed by atoms with E-state index in [9.17, 15) is 0 Å². The molecule has 5 heteroatoms. The summed E-state index contributed by atoms with van der Waals surface area (Å²) in [5, 5.41) is 9.38. The van der Waals surface area contributed by atoms with E-state index in [1.165, 1.54) is 12.4 Å². The Kier molecular flexibility index (Phi) is 3.62. The molecule has 1 aromatic heterocycles. The summed E-state index contributed by atoms with van der Waals surface area (Å²) >= 11 is 9.32. The van der Waals surface area contributed by atoms with Crippen molar-refractivity contribution in [1.29, 1.82) is 5.26 Å². The number of halogens is 2. The zero-order chi connectivity index (χ0) is 12.3. The summed E-state index contributed by atoms with van der Waals surface area (Å²) in [5.74, 6) is 0.874. The number of hydrogen-bond donors (Lipinski definition) is 0. The van der Waals surface area contributed by atoms with E-state index in [1.807, 2.05) is 12.1 Å². The van der Waals surface area contributed by atoms with Gasteiger partial charge in [0.05, 0.1) is 16.8 Å². The molecular formula is C12H6BrClN2O. The number of rotatable bonds is 2. The monoisotopic (exact) mass is 308 g/mol. The van der Waals surface area contributed by atoms with Crippen LogP contribution in [-0.4, -0.2) is 4.98 Å². The maximum absolute atomic E-state index is 8.91. The van der Waals surface area contributed by atoms with Crippen LogP contribution in [0.25, 0.3) is 0 Å². The third kappa shape index (κ3) is 2.76. The fourth-order valence-electron chi connectivity index (χ4n) is 1.23. The van der Waals surface area contributed by atoms with E-state index in [0.29, 0.717) is 22.1 Å². The van der Waals surface area contributed by atoms with Gasteiger partial charge in [0.15, 0.2) is 5.75 Å². The lowest BCUT2D eigenvalue weighted by molar-refractivity contribution is 0.479. The maximum Gasteiger partial charge on any atom is 0.163 e. The smallest absolute Gasteiger partial charge is 0.163 e. The molecule has 2 aromatic rings. The quantitative estimate of drug-likeness (QED) is 0.836. The van der Waals surface area contributed by atoms with Gasteiger partial charge in [0.25, 0.3) is 0 Å². The Morgan fingerprint density at radius 3 is 2.82 bits per heavy atom. The first-order chi connectivity index (χ1) is 8.20. The summed E-state index contributed by atoms with van der Waals surface area (Å²) in [6.07, 6.45) is 3.02. The summed E-state index contributed by atoms with van der Waals surface area (Å²) in [7, 11) is 0. The Hall–Kier alpha value is -1.57. The van der Waals surface area contributed by atoms with Gasteiger partial charge in [0.2, 0.25) is 0 Å². The van der Waals surface area contributed by atoms with Gasteiger partial charge in [-0.2, -0.15) is 5.26 Å². The van der Waals surface area contributed by atoms with Crippen LogP contribution in [0.2, 0.25) is 5.02 Å². The Bertz CT molecular complexity index is 595. The van der Waals surface area contributed by atoms with Crippen molar-refractivity contribution in [2.24, 2.45) is 0 Å². The van der Waals surface area contributed by atoms with Crippen molar-refractivity contribution in [3.05, 3.63) is 51.7 Å². The van der Waals surface area contributed by atoms with E-state index in [1.54, 1.807) is 18.2 Å². The number of nitriles is 1. The van der Waals surface area contributed by atoms with E-state index >= 15 is 0 Å². The number of aromatic nitrogens is 1. The summed E-state index contributed by atoms with van der Waals surface area (Å²) < 4.78 is 6.41. The van der Waals surface area contributed by atoms with Crippen LogP contribution in [0.3, 0.4) is 0 Å². The molecule has 1 aromatic carbocycles. The van der Waals surface area contributed by atoms with E-state index in [0.717, 1.165) is 4.47 Å². The molecular weight excluding hydrogens is 304 g/mol. The molecule has 0 unspecified atom stereocenters. The van der Waals surface area contributed by atoms with Crippen molar-refractivity contribution in [2.75, 3.05) is 0 Å². The Labute approximate surface area is 112 Å². The SMILES string of the molecule is N#Cc1ccncc1Oc1ccc(Br)cc1Cl. The minimum Gasteiger partial charge on any atom is -0.453 e. The average molecular weight is 310 g/mol. The van der Waals surface area contributed by atoms with Crippen LogP contribution in [0, 0.1) is 11.3 Å². The van der Waals surface area contributed by atoms with Gasteiger partial charge < -0.3 is 4.74 Å². The second kappa shape index (κ2) is 5.17. The van der Waals surface area contributed by atoms with E-state index < -0.39 is 0 Å². The van der Waals surface area contributed by atoms with Gasteiger partial charge in [-0.05, 0) is 24.3 Å². The van der Waals surface area contributed by atoms with Gasteiger partial charge >= 0.3 is 0 Å². The van der Waals surface area contributed by atoms with Gasteiger partial charge in [-0.3, -0.25) is 4.98 Å². The van der Waals surface area contributed by atoms with Crippen molar-refractivity contribution in [3.8, 4) is 17.6 Å². The van der Waals surface area contributed by atoms with Gasteiger partial charge in [-0.1, -0.05) is 27.5 Å². The average Bonchev–Trinajstić information content (AvgIpc) is 2.33. The van der Waals surface area contributed by atoms with Crippen molar-refractivity contribution in [3.63, 3.8) is 0 Å². The molecule has 17 heavy (non-hydrogen) atoms. The Morgan fingerprint density at radius 1 is 1.29 bits per heavy atom. The van der Waals surface area contributed by atoms with Crippen LogP contribution in [0.5, 0.6) is 11.5 Å². The Balaban J connectivity index is 2.35. The van der Waals surface area contributed by atoms with E-state index in [4.69, 9.17) is 21.6 Å². The molecule has 84 valence electrons. The number of hydrogen-bond acceptors (Lipinski definition) is 3. The first kappa shape index (κ1) is 11.9. The van der Waals surface area contributed by atoms with Crippen LogP contribution in [-0.2, 0) is 0 Å². The molecule has 0 spiro atoms.